The van der Waals surface area contributed by atoms with Crippen molar-refractivity contribution in [2.75, 3.05) is 0 Å². The van der Waals surface area contributed by atoms with Gasteiger partial charge in [-0.3, -0.25) is 0 Å². The van der Waals surface area contributed by atoms with E-state index in [2.05, 4.69) is 0 Å². The van der Waals surface area contributed by atoms with Gasteiger partial charge in [-0.15, -0.1) is 0 Å². The molecule has 0 aliphatic heterocycles. The van der Waals surface area contributed by atoms with Crippen LogP contribution in [0.3, 0.4) is 0 Å². The molecule has 0 N–H and O–H groups in total. The molecule has 0 heterocycles. The van der Waals surface area contributed by atoms with Crippen LogP contribution in [0.25, 0.3) is 0 Å². The summed E-state index contributed by atoms with van der Waals surface area (Å²) in [7, 11) is 1.80. The third kappa shape index (κ3) is 2.49. The third-order valence-electron chi connectivity index (χ3n) is 2.40. The Balaban J connectivity index is 2.32. The summed E-state index contributed by atoms with van der Waals surface area (Å²) in [6, 6.07) is 7.63. The van der Waals surface area contributed by atoms with E-state index in [1.807, 2.05) is 24.3 Å². The maximum absolute atomic E-state index is 11.0. The van der Waals surface area contributed by atoms with Gasteiger partial charge >= 0.3 is 0 Å². The van der Waals surface area contributed by atoms with E-state index in [1.165, 1.54) is 12.8 Å². The summed E-state index contributed by atoms with van der Waals surface area (Å²) < 4.78 is 21.9. The molecule has 0 unspecified atom stereocenters. The van der Waals surface area contributed by atoms with Crippen LogP contribution in [0.2, 0.25) is 0 Å². The number of hydrogen-bond acceptors (Lipinski definition) is 2. The smallest absolute Gasteiger partial charge is 0.212 e. The van der Waals surface area contributed by atoms with Crippen molar-refractivity contribution in [1.82, 2.24) is 0 Å². The molecular formula is C10H11ClO2S. The zero-order chi connectivity index (χ0) is 10.2. The fourth-order valence-corrected chi connectivity index (χ4v) is 2.63. The Labute approximate surface area is 88.3 Å². The summed E-state index contributed by atoms with van der Waals surface area (Å²) in [5.41, 5.74) is 2.00. The van der Waals surface area contributed by atoms with E-state index >= 15 is 0 Å². The third-order valence-corrected chi connectivity index (χ3v) is 3.38. The van der Waals surface area contributed by atoms with Crippen molar-refractivity contribution in [3.05, 3.63) is 35.4 Å². The summed E-state index contributed by atoms with van der Waals surface area (Å²) in [5, 5.41) is 0. The molecule has 76 valence electrons. The molecule has 0 aromatic heterocycles. The van der Waals surface area contributed by atoms with Crippen molar-refractivity contribution in [3.8, 4) is 0 Å². The lowest BCUT2D eigenvalue weighted by Gasteiger charge is -2.05. The van der Waals surface area contributed by atoms with Crippen LogP contribution in [0.5, 0.6) is 0 Å². The quantitative estimate of drug-likeness (QED) is 0.749. The van der Waals surface area contributed by atoms with E-state index < -0.39 is 9.05 Å². The first-order valence-electron chi connectivity index (χ1n) is 4.56. The van der Waals surface area contributed by atoms with E-state index in [4.69, 9.17) is 10.7 Å². The lowest BCUT2D eigenvalue weighted by Crippen LogP contribution is -1.98. The van der Waals surface area contributed by atoms with Crippen LogP contribution in [0.4, 0.5) is 0 Å². The number of rotatable bonds is 3. The zero-order valence-electron chi connectivity index (χ0n) is 7.61. The van der Waals surface area contributed by atoms with Crippen molar-refractivity contribution in [3.63, 3.8) is 0 Å². The molecule has 0 radical (unpaired) electrons. The first-order chi connectivity index (χ1) is 6.56. The van der Waals surface area contributed by atoms with Crippen molar-refractivity contribution >= 4 is 19.7 Å². The molecule has 0 amide bonds. The highest BCUT2D eigenvalue weighted by molar-refractivity contribution is 8.13. The molecule has 0 saturated heterocycles. The molecule has 4 heteroatoms. The Hall–Kier alpha value is -0.540. The summed E-state index contributed by atoms with van der Waals surface area (Å²) in [4.78, 5) is 0. The fraction of sp³-hybridized carbons (Fsp3) is 0.400. The predicted octanol–water partition coefficient (Wildman–Crippen LogP) is 2.63. The average Bonchev–Trinajstić information content (AvgIpc) is 2.85. The minimum atomic E-state index is -3.43. The molecule has 1 aliphatic carbocycles. The Morgan fingerprint density at radius 2 is 1.93 bits per heavy atom. The first-order valence-corrected chi connectivity index (χ1v) is 7.04. The highest BCUT2D eigenvalue weighted by Crippen LogP contribution is 2.41. The van der Waals surface area contributed by atoms with Gasteiger partial charge in [0.1, 0.15) is 0 Å². The van der Waals surface area contributed by atoms with Gasteiger partial charge in [0.25, 0.3) is 0 Å². The van der Waals surface area contributed by atoms with Crippen molar-refractivity contribution in [2.45, 2.75) is 24.5 Å². The standard InChI is InChI=1S/C10H11ClO2S/c11-14(12,13)7-9-3-1-2-4-10(9)8-5-6-8/h1-4,8H,5-7H2. The first kappa shape index (κ1) is 9.99. The molecule has 1 fully saturated rings. The topological polar surface area (TPSA) is 34.1 Å². The van der Waals surface area contributed by atoms with Crippen LogP contribution >= 0.6 is 10.7 Å². The molecule has 2 rings (SSSR count). The Bertz CT molecular complexity index is 435. The zero-order valence-corrected chi connectivity index (χ0v) is 9.18. The maximum atomic E-state index is 11.0. The van der Waals surface area contributed by atoms with Gasteiger partial charge in [0.15, 0.2) is 0 Å². The van der Waals surface area contributed by atoms with Gasteiger partial charge in [-0.25, -0.2) is 8.42 Å². The Morgan fingerprint density at radius 1 is 1.29 bits per heavy atom. The van der Waals surface area contributed by atoms with Crippen LogP contribution in [0, 0.1) is 0 Å². The van der Waals surface area contributed by atoms with Crippen molar-refractivity contribution in [1.29, 1.82) is 0 Å². The van der Waals surface area contributed by atoms with E-state index in [0.717, 1.165) is 11.1 Å². The molecule has 0 atom stereocenters. The van der Waals surface area contributed by atoms with Crippen LogP contribution in [0.1, 0.15) is 29.9 Å². The lowest BCUT2D eigenvalue weighted by molar-refractivity contribution is 0.608. The number of hydrogen-bond donors (Lipinski definition) is 0. The molecular weight excluding hydrogens is 220 g/mol. The molecule has 0 spiro atoms. The Morgan fingerprint density at radius 3 is 2.50 bits per heavy atom. The lowest BCUT2D eigenvalue weighted by atomic mass is 10.1. The molecule has 14 heavy (non-hydrogen) atoms. The molecule has 1 saturated carbocycles. The SMILES string of the molecule is O=S(=O)(Cl)Cc1ccccc1C1CC1. The van der Waals surface area contributed by atoms with Gasteiger partial charge in [0.2, 0.25) is 9.05 Å². The second kappa shape index (κ2) is 3.55. The van der Waals surface area contributed by atoms with Crippen LogP contribution in [-0.2, 0) is 14.8 Å². The molecule has 1 aromatic rings. The van der Waals surface area contributed by atoms with Gasteiger partial charge in [-0.2, -0.15) is 0 Å². The summed E-state index contributed by atoms with van der Waals surface area (Å²) in [6.07, 6.45) is 2.33. The van der Waals surface area contributed by atoms with E-state index in [0.29, 0.717) is 5.92 Å². The highest BCUT2D eigenvalue weighted by atomic mass is 35.7. The minimum absolute atomic E-state index is 0.0543. The van der Waals surface area contributed by atoms with Crippen LogP contribution < -0.4 is 0 Å². The summed E-state index contributed by atoms with van der Waals surface area (Å²) in [6.45, 7) is 0. The minimum Gasteiger partial charge on any atom is -0.212 e. The van der Waals surface area contributed by atoms with Crippen molar-refractivity contribution in [2.24, 2.45) is 0 Å². The maximum Gasteiger partial charge on any atom is 0.236 e. The van der Waals surface area contributed by atoms with Crippen LogP contribution in [-0.4, -0.2) is 8.42 Å². The Kier molecular flexibility index (Phi) is 2.54. The normalized spacial score (nSPS) is 16.9. The second-order valence-electron chi connectivity index (χ2n) is 3.66. The molecule has 1 aliphatic rings. The van der Waals surface area contributed by atoms with E-state index in [9.17, 15) is 8.42 Å². The average molecular weight is 231 g/mol. The fourth-order valence-electron chi connectivity index (χ4n) is 1.64. The number of benzene rings is 1. The van der Waals surface area contributed by atoms with Gasteiger partial charge < -0.3 is 0 Å². The second-order valence-corrected chi connectivity index (χ2v) is 6.43. The van der Waals surface area contributed by atoms with Gasteiger partial charge in [-0.05, 0) is 29.9 Å². The van der Waals surface area contributed by atoms with E-state index in [1.54, 1.807) is 0 Å². The highest BCUT2D eigenvalue weighted by Gasteiger charge is 2.26. The monoisotopic (exact) mass is 230 g/mol. The van der Waals surface area contributed by atoms with Gasteiger partial charge in [0, 0.05) is 10.7 Å². The van der Waals surface area contributed by atoms with E-state index in [-0.39, 0.29) is 5.75 Å². The molecule has 2 nitrogen and oxygen atoms in total. The molecule has 0 bridgehead atoms. The van der Waals surface area contributed by atoms with Gasteiger partial charge in [0.05, 0.1) is 5.75 Å². The van der Waals surface area contributed by atoms with Crippen LogP contribution in [0.15, 0.2) is 24.3 Å². The summed E-state index contributed by atoms with van der Waals surface area (Å²) >= 11 is 0. The van der Waals surface area contributed by atoms with Crippen molar-refractivity contribution < 1.29 is 8.42 Å². The predicted molar refractivity (Wildman–Crippen MR) is 56.9 cm³/mol. The number of halogens is 1. The largest absolute Gasteiger partial charge is 0.236 e. The molecule has 1 aromatic carbocycles. The van der Waals surface area contributed by atoms with Gasteiger partial charge in [-0.1, -0.05) is 24.3 Å². The summed E-state index contributed by atoms with van der Waals surface area (Å²) in [5.74, 6) is 0.505.